The summed E-state index contributed by atoms with van der Waals surface area (Å²) in [6, 6.07) is 7.96. The van der Waals surface area contributed by atoms with E-state index < -0.39 is 5.41 Å². The number of fused-ring (bicyclic) bond motifs is 1. The Balaban J connectivity index is 1.95. The number of para-hydroxylation sites is 1. The maximum Gasteiger partial charge on any atom is 0.237 e. The van der Waals surface area contributed by atoms with E-state index in [1.807, 2.05) is 38.2 Å². The molecule has 0 spiro atoms. The SMILES string of the molecule is CN1C(=O)C(C)(CC2CCCCC2=O)c2ccccc21. The summed E-state index contributed by atoms with van der Waals surface area (Å²) in [5.74, 6) is 0.520. The van der Waals surface area contributed by atoms with Crippen molar-refractivity contribution in [3.8, 4) is 0 Å². The predicted octanol–water partition coefficient (Wildman–Crippen LogP) is 3.07. The van der Waals surface area contributed by atoms with Crippen molar-refractivity contribution in [2.45, 2.75) is 44.4 Å². The van der Waals surface area contributed by atoms with Crippen LogP contribution in [0.25, 0.3) is 0 Å². The molecule has 2 atom stereocenters. The number of ketones is 1. The third-order valence-corrected chi connectivity index (χ3v) is 4.97. The standard InChI is InChI=1S/C17H21NO2/c1-17(11-12-7-3-6-10-15(12)19)13-8-4-5-9-14(13)18(2)16(17)20/h4-5,8-9,12H,3,6-7,10-11H2,1-2H3. The van der Waals surface area contributed by atoms with Gasteiger partial charge < -0.3 is 4.90 Å². The fourth-order valence-corrected chi connectivity index (χ4v) is 3.79. The second-order valence-corrected chi connectivity index (χ2v) is 6.33. The Hall–Kier alpha value is -1.64. The highest BCUT2D eigenvalue weighted by Crippen LogP contribution is 2.45. The van der Waals surface area contributed by atoms with Crippen LogP contribution >= 0.6 is 0 Å². The number of nitrogens with zero attached hydrogens (tertiary/aromatic N) is 1. The molecule has 0 aromatic heterocycles. The second kappa shape index (κ2) is 4.72. The van der Waals surface area contributed by atoms with Crippen molar-refractivity contribution in [2.24, 2.45) is 5.92 Å². The maximum absolute atomic E-state index is 12.7. The van der Waals surface area contributed by atoms with Crippen LogP contribution in [0, 0.1) is 5.92 Å². The number of likely N-dealkylation sites (N-methyl/N-ethyl adjacent to an activating group) is 1. The normalized spacial score (nSPS) is 29.7. The Labute approximate surface area is 120 Å². The number of amides is 1. The molecular formula is C17H21NO2. The zero-order valence-corrected chi connectivity index (χ0v) is 12.2. The van der Waals surface area contributed by atoms with Gasteiger partial charge >= 0.3 is 0 Å². The molecule has 0 N–H and O–H groups in total. The minimum Gasteiger partial charge on any atom is -0.314 e. The molecule has 1 amide bonds. The summed E-state index contributed by atoms with van der Waals surface area (Å²) < 4.78 is 0. The van der Waals surface area contributed by atoms with Gasteiger partial charge in [0.05, 0.1) is 5.41 Å². The van der Waals surface area contributed by atoms with E-state index in [1.54, 1.807) is 4.90 Å². The molecule has 0 radical (unpaired) electrons. The Morgan fingerprint density at radius 1 is 1.25 bits per heavy atom. The number of carbonyl (C=O) groups is 2. The fraction of sp³-hybridized carbons (Fsp3) is 0.529. The molecule has 3 rings (SSSR count). The van der Waals surface area contributed by atoms with Crippen LogP contribution in [-0.4, -0.2) is 18.7 Å². The van der Waals surface area contributed by atoms with Gasteiger partial charge in [0.25, 0.3) is 0 Å². The lowest BCUT2D eigenvalue weighted by Gasteiger charge is -2.30. The van der Waals surface area contributed by atoms with Crippen LogP contribution in [0.5, 0.6) is 0 Å². The molecule has 1 aliphatic heterocycles. The van der Waals surface area contributed by atoms with Gasteiger partial charge in [-0.3, -0.25) is 9.59 Å². The first-order valence-corrected chi connectivity index (χ1v) is 7.44. The van der Waals surface area contributed by atoms with E-state index in [-0.39, 0.29) is 11.8 Å². The van der Waals surface area contributed by atoms with E-state index in [0.29, 0.717) is 18.6 Å². The van der Waals surface area contributed by atoms with Crippen molar-refractivity contribution in [1.29, 1.82) is 0 Å². The second-order valence-electron chi connectivity index (χ2n) is 6.33. The number of hydrogen-bond donors (Lipinski definition) is 0. The van der Waals surface area contributed by atoms with E-state index in [4.69, 9.17) is 0 Å². The summed E-state index contributed by atoms with van der Waals surface area (Å²) >= 11 is 0. The number of benzene rings is 1. The quantitative estimate of drug-likeness (QED) is 0.829. The third-order valence-electron chi connectivity index (χ3n) is 4.97. The Morgan fingerprint density at radius 3 is 2.75 bits per heavy atom. The van der Waals surface area contributed by atoms with Crippen LogP contribution in [-0.2, 0) is 15.0 Å². The minimum absolute atomic E-state index is 0.0530. The van der Waals surface area contributed by atoms with Crippen molar-refractivity contribution in [3.63, 3.8) is 0 Å². The van der Waals surface area contributed by atoms with Gasteiger partial charge in [0.1, 0.15) is 5.78 Å². The molecule has 1 aliphatic carbocycles. The lowest BCUT2D eigenvalue weighted by Crippen LogP contribution is -2.39. The van der Waals surface area contributed by atoms with Gasteiger partial charge in [0.15, 0.2) is 0 Å². The highest BCUT2D eigenvalue weighted by Gasteiger charge is 2.47. The van der Waals surface area contributed by atoms with Crippen LogP contribution in [0.4, 0.5) is 5.69 Å². The Morgan fingerprint density at radius 2 is 2.00 bits per heavy atom. The lowest BCUT2D eigenvalue weighted by atomic mass is 9.72. The van der Waals surface area contributed by atoms with Crippen molar-refractivity contribution < 1.29 is 9.59 Å². The van der Waals surface area contributed by atoms with Crippen molar-refractivity contribution >= 4 is 17.4 Å². The number of Topliss-reactive ketones (excluding diaryl/α,β-unsaturated/α-hetero) is 1. The van der Waals surface area contributed by atoms with Crippen LogP contribution in [0.1, 0.15) is 44.6 Å². The van der Waals surface area contributed by atoms with Crippen LogP contribution < -0.4 is 4.90 Å². The largest absolute Gasteiger partial charge is 0.314 e. The van der Waals surface area contributed by atoms with Crippen molar-refractivity contribution in [1.82, 2.24) is 0 Å². The van der Waals surface area contributed by atoms with E-state index in [2.05, 4.69) is 0 Å². The van der Waals surface area contributed by atoms with Crippen LogP contribution in [0.2, 0.25) is 0 Å². The summed E-state index contributed by atoms with van der Waals surface area (Å²) in [5, 5.41) is 0. The van der Waals surface area contributed by atoms with Gasteiger partial charge in [-0.25, -0.2) is 0 Å². The smallest absolute Gasteiger partial charge is 0.237 e. The van der Waals surface area contributed by atoms with E-state index >= 15 is 0 Å². The van der Waals surface area contributed by atoms with Gasteiger partial charge in [0.2, 0.25) is 5.91 Å². The van der Waals surface area contributed by atoms with Crippen LogP contribution in [0.15, 0.2) is 24.3 Å². The Kier molecular flexibility index (Phi) is 3.15. The number of anilines is 1. The molecule has 20 heavy (non-hydrogen) atoms. The zero-order chi connectivity index (χ0) is 14.3. The average molecular weight is 271 g/mol. The fourth-order valence-electron chi connectivity index (χ4n) is 3.79. The van der Waals surface area contributed by atoms with Gasteiger partial charge in [-0.1, -0.05) is 24.6 Å². The summed E-state index contributed by atoms with van der Waals surface area (Å²) in [7, 11) is 1.83. The average Bonchev–Trinajstić information content (AvgIpc) is 2.65. The number of carbonyl (C=O) groups excluding carboxylic acids is 2. The van der Waals surface area contributed by atoms with Crippen molar-refractivity contribution in [3.05, 3.63) is 29.8 Å². The number of hydrogen-bond acceptors (Lipinski definition) is 2. The first-order valence-electron chi connectivity index (χ1n) is 7.44. The number of rotatable bonds is 2. The third kappa shape index (κ3) is 1.88. The summed E-state index contributed by atoms with van der Waals surface area (Å²) in [6.45, 7) is 2.00. The van der Waals surface area contributed by atoms with E-state index in [9.17, 15) is 9.59 Å². The molecule has 1 fully saturated rings. The Bertz CT molecular complexity index is 566. The molecule has 2 unspecified atom stereocenters. The molecule has 3 heteroatoms. The zero-order valence-electron chi connectivity index (χ0n) is 12.2. The molecule has 1 saturated carbocycles. The topological polar surface area (TPSA) is 37.4 Å². The lowest BCUT2D eigenvalue weighted by molar-refractivity contribution is -0.127. The van der Waals surface area contributed by atoms with Crippen LogP contribution in [0.3, 0.4) is 0 Å². The molecule has 1 heterocycles. The summed E-state index contributed by atoms with van der Waals surface area (Å²) in [4.78, 5) is 26.5. The maximum atomic E-state index is 12.7. The predicted molar refractivity (Wildman–Crippen MR) is 78.8 cm³/mol. The molecule has 1 aromatic carbocycles. The van der Waals surface area contributed by atoms with Gasteiger partial charge in [-0.15, -0.1) is 0 Å². The van der Waals surface area contributed by atoms with Gasteiger partial charge in [0, 0.05) is 25.1 Å². The first-order chi connectivity index (χ1) is 9.54. The van der Waals surface area contributed by atoms with Gasteiger partial charge in [-0.2, -0.15) is 0 Å². The highest BCUT2D eigenvalue weighted by atomic mass is 16.2. The molecule has 2 aliphatic rings. The molecule has 106 valence electrons. The summed E-state index contributed by atoms with van der Waals surface area (Å²) in [5.41, 5.74) is 1.53. The highest BCUT2D eigenvalue weighted by molar-refractivity contribution is 6.07. The molecule has 0 saturated heterocycles. The van der Waals surface area contributed by atoms with E-state index in [0.717, 1.165) is 30.5 Å². The van der Waals surface area contributed by atoms with E-state index in [1.165, 1.54) is 0 Å². The molecule has 1 aromatic rings. The minimum atomic E-state index is -0.539. The molecular weight excluding hydrogens is 250 g/mol. The molecule has 3 nitrogen and oxygen atoms in total. The van der Waals surface area contributed by atoms with Crippen molar-refractivity contribution in [2.75, 3.05) is 11.9 Å². The first kappa shape index (κ1) is 13.3. The summed E-state index contributed by atoms with van der Waals surface area (Å²) in [6.07, 6.45) is 4.40. The monoisotopic (exact) mass is 271 g/mol. The molecule has 0 bridgehead atoms. The van der Waals surface area contributed by atoms with Gasteiger partial charge in [-0.05, 0) is 37.8 Å².